The number of carboxylic acid groups (broad SMARTS) is 1. The van der Waals surface area contributed by atoms with Crippen LogP contribution in [0.5, 0.6) is 0 Å². The Morgan fingerprint density at radius 3 is 3.16 bits per heavy atom. The van der Waals surface area contributed by atoms with Crippen molar-refractivity contribution < 1.29 is 9.90 Å². The molecule has 1 N–H and O–H groups in total. The second-order valence-electron chi connectivity index (χ2n) is 5.42. The van der Waals surface area contributed by atoms with E-state index in [4.69, 9.17) is 5.11 Å². The van der Waals surface area contributed by atoms with Gasteiger partial charge >= 0.3 is 5.97 Å². The van der Waals surface area contributed by atoms with Gasteiger partial charge in [0, 0.05) is 38.4 Å². The second-order valence-corrected chi connectivity index (χ2v) is 5.42. The smallest absolute Gasteiger partial charge is 0.354 e. The molecule has 0 amide bonds. The Labute approximate surface area is 112 Å². The minimum atomic E-state index is -0.956. The van der Waals surface area contributed by atoms with Gasteiger partial charge in [0.1, 0.15) is 5.69 Å². The molecule has 2 fully saturated rings. The van der Waals surface area contributed by atoms with Crippen LogP contribution in [0.2, 0.25) is 0 Å². The maximum atomic E-state index is 10.9. The molecular weight excluding hydrogens is 242 g/mol. The Bertz CT molecular complexity index is 478. The van der Waals surface area contributed by atoms with E-state index in [1.165, 1.54) is 19.4 Å². The molecule has 0 aliphatic carbocycles. The number of carboxylic acids is 1. The van der Waals surface area contributed by atoms with Gasteiger partial charge in [-0.1, -0.05) is 0 Å². The van der Waals surface area contributed by atoms with Crippen LogP contribution in [-0.2, 0) is 6.54 Å². The van der Waals surface area contributed by atoms with E-state index in [9.17, 15) is 4.79 Å². The summed E-state index contributed by atoms with van der Waals surface area (Å²) in [5.41, 5.74) is 1.18. The van der Waals surface area contributed by atoms with E-state index in [1.54, 1.807) is 12.3 Å². The minimum absolute atomic E-state index is 0.136. The number of rotatable bonds is 3. The molecule has 102 valence electrons. The number of pyridine rings is 1. The highest BCUT2D eigenvalue weighted by Crippen LogP contribution is 2.22. The average molecular weight is 261 g/mol. The van der Waals surface area contributed by atoms with E-state index in [1.807, 2.05) is 6.07 Å². The van der Waals surface area contributed by atoms with Crippen molar-refractivity contribution in [3.05, 3.63) is 29.6 Å². The van der Waals surface area contributed by atoms with Crippen molar-refractivity contribution in [1.82, 2.24) is 14.8 Å². The van der Waals surface area contributed by atoms with Gasteiger partial charge in [0.2, 0.25) is 0 Å². The van der Waals surface area contributed by atoms with Crippen LogP contribution < -0.4 is 0 Å². The van der Waals surface area contributed by atoms with Gasteiger partial charge < -0.3 is 5.11 Å². The number of piperazine rings is 1. The zero-order valence-electron chi connectivity index (χ0n) is 11.0. The van der Waals surface area contributed by atoms with Crippen molar-refractivity contribution >= 4 is 5.97 Å². The van der Waals surface area contributed by atoms with Gasteiger partial charge in [0.25, 0.3) is 0 Å². The molecule has 2 saturated heterocycles. The Morgan fingerprint density at radius 2 is 2.32 bits per heavy atom. The average Bonchev–Trinajstić information content (AvgIpc) is 2.86. The normalized spacial score (nSPS) is 24.3. The molecule has 0 saturated carbocycles. The number of carbonyl (C=O) groups is 1. The van der Waals surface area contributed by atoms with Gasteiger partial charge in [0.15, 0.2) is 0 Å². The van der Waals surface area contributed by atoms with Gasteiger partial charge in [-0.15, -0.1) is 0 Å². The van der Waals surface area contributed by atoms with E-state index >= 15 is 0 Å². The molecule has 1 aromatic rings. The predicted octanol–water partition coefficient (Wildman–Crippen LogP) is 1.06. The van der Waals surface area contributed by atoms with Crippen molar-refractivity contribution in [2.24, 2.45) is 0 Å². The third-order valence-corrected chi connectivity index (χ3v) is 4.12. The molecule has 1 unspecified atom stereocenters. The summed E-state index contributed by atoms with van der Waals surface area (Å²) in [7, 11) is 0. The summed E-state index contributed by atoms with van der Waals surface area (Å²) in [6, 6.07) is 4.30. The SMILES string of the molecule is O=C(O)c1cc(CN2CCN3CCCC3C2)ccn1. The molecule has 0 radical (unpaired) electrons. The van der Waals surface area contributed by atoms with E-state index in [0.29, 0.717) is 6.04 Å². The highest BCUT2D eigenvalue weighted by atomic mass is 16.4. The van der Waals surface area contributed by atoms with Crippen LogP contribution in [0.3, 0.4) is 0 Å². The summed E-state index contributed by atoms with van der Waals surface area (Å²) < 4.78 is 0. The summed E-state index contributed by atoms with van der Waals surface area (Å²) in [6.45, 7) is 5.39. The van der Waals surface area contributed by atoms with Crippen LogP contribution in [0.15, 0.2) is 18.3 Å². The molecule has 1 aromatic heterocycles. The summed E-state index contributed by atoms with van der Waals surface area (Å²) in [4.78, 5) is 19.8. The van der Waals surface area contributed by atoms with Crippen LogP contribution in [0.25, 0.3) is 0 Å². The first-order valence-corrected chi connectivity index (χ1v) is 6.87. The molecule has 0 bridgehead atoms. The van der Waals surface area contributed by atoms with Crippen LogP contribution in [0.1, 0.15) is 28.9 Å². The van der Waals surface area contributed by atoms with Crippen molar-refractivity contribution in [3.63, 3.8) is 0 Å². The summed E-state index contributed by atoms with van der Waals surface area (Å²) >= 11 is 0. The highest BCUT2D eigenvalue weighted by molar-refractivity contribution is 5.85. The lowest BCUT2D eigenvalue weighted by Gasteiger charge is -2.37. The molecule has 5 nitrogen and oxygen atoms in total. The minimum Gasteiger partial charge on any atom is -0.477 e. The predicted molar refractivity (Wildman–Crippen MR) is 71.1 cm³/mol. The molecule has 5 heteroatoms. The number of nitrogens with zero attached hydrogens (tertiary/aromatic N) is 3. The highest BCUT2D eigenvalue weighted by Gasteiger charge is 2.30. The fraction of sp³-hybridized carbons (Fsp3) is 0.571. The van der Waals surface area contributed by atoms with Crippen LogP contribution in [0.4, 0.5) is 0 Å². The zero-order chi connectivity index (χ0) is 13.2. The molecule has 3 rings (SSSR count). The molecular formula is C14H19N3O2. The standard InChI is InChI=1S/C14H19N3O2/c18-14(19)13-8-11(3-4-15-13)9-16-6-7-17-5-1-2-12(17)10-16/h3-4,8,12H,1-2,5-7,9-10H2,(H,18,19). The molecule has 1 atom stereocenters. The topological polar surface area (TPSA) is 56.7 Å². The van der Waals surface area contributed by atoms with Gasteiger partial charge in [-0.25, -0.2) is 9.78 Å². The van der Waals surface area contributed by atoms with Crippen molar-refractivity contribution in [3.8, 4) is 0 Å². The molecule has 3 heterocycles. The lowest BCUT2D eigenvalue weighted by molar-refractivity contribution is 0.0689. The molecule has 0 spiro atoms. The first-order valence-electron chi connectivity index (χ1n) is 6.87. The third-order valence-electron chi connectivity index (χ3n) is 4.12. The molecule has 19 heavy (non-hydrogen) atoms. The quantitative estimate of drug-likeness (QED) is 0.881. The Balaban J connectivity index is 1.65. The third kappa shape index (κ3) is 2.77. The summed E-state index contributed by atoms with van der Waals surface area (Å²) in [5.74, 6) is -0.956. The summed E-state index contributed by atoms with van der Waals surface area (Å²) in [6.07, 6.45) is 4.20. The van der Waals surface area contributed by atoms with Crippen molar-refractivity contribution in [1.29, 1.82) is 0 Å². The first kappa shape index (κ1) is 12.6. The Hall–Kier alpha value is -1.46. The van der Waals surface area contributed by atoms with E-state index in [0.717, 1.165) is 31.7 Å². The maximum absolute atomic E-state index is 10.9. The van der Waals surface area contributed by atoms with Crippen molar-refractivity contribution in [2.45, 2.75) is 25.4 Å². The van der Waals surface area contributed by atoms with Crippen molar-refractivity contribution in [2.75, 3.05) is 26.2 Å². The van der Waals surface area contributed by atoms with E-state index < -0.39 is 5.97 Å². The van der Waals surface area contributed by atoms with Crippen LogP contribution in [-0.4, -0.2) is 58.1 Å². The van der Waals surface area contributed by atoms with E-state index in [-0.39, 0.29) is 5.69 Å². The second kappa shape index (κ2) is 5.27. The number of aromatic carboxylic acids is 1. The maximum Gasteiger partial charge on any atom is 0.354 e. The summed E-state index contributed by atoms with van der Waals surface area (Å²) in [5, 5.41) is 8.96. The number of hydrogen-bond donors (Lipinski definition) is 1. The van der Waals surface area contributed by atoms with Crippen LogP contribution >= 0.6 is 0 Å². The Morgan fingerprint density at radius 1 is 1.42 bits per heavy atom. The fourth-order valence-electron chi connectivity index (χ4n) is 3.15. The van der Waals surface area contributed by atoms with E-state index in [2.05, 4.69) is 14.8 Å². The van der Waals surface area contributed by atoms with Gasteiger partial charge in [0.05, 0.1) is 0 Å². The number of fused-ring (bicyclic) bond motifs is 1. The number of hydrogen-bond acceptors (Lipinski definition) is 4. The fourth-order valence-corrected chi connectivity index (χ4v) is 3.15. The van der Waals surface area contributed by atoms with Gasteiger partial charge in [-0.2, -0.15) is 0 Å². The largest absolute Gasteiger partial charge is 0.477 e. The monoisotopic (exact) mass is 261 g/mol. The van der Waals surface area contributed by atoms with Crippen LogP contribution in [0, 0.1) is 0 Å². The lowest BCUT2D eigenvalue weighted by Crippen LogP contribution is -2.49. The van der Waals surface area contributed by atoms with Gasteiger partial charge in [-0.05, 0) is 37.1 Å². The molecule has 0 aromatic carbocycles. The first-order chi connectivity index (χ1) is 9.22. The molecule has 2 aliphatic heterocycles. The zero-order valence-corrected chi connectivity index (χ0v) is 11.0. The van der Waals surface area contributed by atoms with Gasteiger partial charge in [-0.3, -0.25) is 9.80 Å². The lowest BCUT2D eigenvalue weighted by atomic mass is 10.1. The number of aromatic nitrogens is 1. The Kier molecular flexibility index (Phi) is 3.48. The molecule has 2 aliphatic rings.